The zero-order valence-electron chi connectivity index (χ0n) is 16.0. The van der Waals surface area contributed by atoms with E-state index in [0.717, 1.165) is 29.1 Å². The van der Waals surface area contributed by atoms with Gasteiger partial charge < -0.3 is 10.2 Å². The van der Waals surface area contributed by atoms with E-state index in [1.807, 2.05) is 55.1 Å². The van der Waals surface area contributed by atoms with E-state index < -0.39 is 0 Å². The molecular weight excluding hydrogens is 372 g/mol. The van der Waals surface area contributed by atoms with Crippen LogP contribution in [0.15, 0.2) is 48.5 Å². The Morgan fingerprint density at radius 2 is 1.93 bits per heavy atom. The summed E-state index contributed by atoms with van der Waals surface area (Å²) in [6.07, 6.45) is 0.846. The Morgan fingerprint density at radius 1 is 1.14 bits per heavy atom. The SMILES string of the molecule is Cc1cc(C(=O)N2c3ccccc3CC2C)nc(Nc2cc(Cl)ccc2C)n1. The fourth-order valence-electron chi connectivity index (χ4n) is 3.58. The fraction of sp³-hybridized carbons (Fsp3) is 0.227. The van der Waals surface area contributed by atoms with Gasteiger partial charge in [0, 0.05) is 28.1 Å². The van der Waals surface area contributed by atoms with Crippen molar-refractivity contribution in [3.05, 3.63) is 76.1 Å². The summed E-state index contributed by atoms with van der Waals surface area (Å²) in [6.45, 7) is 5.89. The highest BCUT2D eigenvalue weighted by atomic mass is 35.5. The van der Waals surface area contributed by atoms with Crippen LogP contribution in [0.25, 0.3) is 0 Å². The van der Waals surface area contributed by atoms with Crippen molar-refractivity contribution in [1.82, 2.24) is 9.97 Å². The molecule has 2 heterocycles. The molecule has 2 aromatic carbocycles. The number of halogens is 1. The lowest BCUT2D eigenvalue weighted by atomic mass is 10.1. The number of amides is 1. The number of carbonyl (C=O) groups excluding carboxylic acids is 1. The number of nitrogens with one attached hydrogen (secondary N) is 1. The number of para-hydroxylation sites is 1. The second-order valence-electron chi connectivity index (χ2n) is 7.16. The normalized spacial score (nSPS) is 15.4. The van der Waals surface area contributed by atoms with Crippen LogP contribution in [0, 0.1) is 13.8 Å². The van der Waals surface area contributed by atoms with Gasteiger partial charge in [-0.1, -0.05) is 35.9 Å². The molecule has 0 radical (unpaired) electrons. The first-order chi connectivity index (χ1) is 13.4. The molecule has 1 N–H and O–H groups in total. The third-order valence-electron chi connectivity index (χ3n) is 4.95. The molecule has 4 rings (SSSR count). The molecule has 1 amide bonds. The highest BCUT2D eigenvalue weighted by molar-refractivity contribution is 6.30. The summed E-state index contributed by atoms with van der Waals surface area (Å²) in [6, 6.07) is 15.4. The molecule has 1 atom stereocenters. The predicted molar refractivity (Wildman–Crippen MR) is 113 cm³/mol. The number of aryl methyl sites for hydroxylation is 2. The number of benzene rings is 2. The van der Waals surface area contributed by atoms with Crippen LogP contribution in [0.1, 0.15) is 34.2 Å². The van der Waals surface area contributed by atoms with Gasteiger partial charge in [0.2, 0.25) is 5.95 Å². The van der Waals surface area contributed by atoms with E-state index in [1.165, 1.54) is 5.56 Å². The van der Waals surface area contributed by atoms with Crippen LogP contribution in [0.4, 0.5) is 17.3 Å². The van der Waals surface area contributed by atoms with E-state index in [1.54, 1.807) is 6.07 Å². The Hall–Kier alpha value is -2.92. The number of nitrogens with zero attached hydrogens (tertiary/aromatic N) is 3. The zero-order valence-corrected chi connectivity index (χ0v) is 16.8. The van der Waals surface area contributed by atoms with E-state index in [2.05, 4.69) is 28.3 Å². The smallest absolute Gasteiger partial charge is 0.277 e. The number of fused-ring (bicyclic) bond motifs is 1. The Labute approximate surface area is 169 Å². The largest absolute Gasteiger partial charge is 0.324 e. The summed E-state index contributed by atoms with van der Waals surface area (Å²) in [5.74, 6) is 0.266. The van der Waals surface area contributed by atoms with Gasteiger partial charge in [-0.05, 0) is 62.6 Å². The molecule has 0 aliphatic carbocycles. The Kier molecular flexibility index (Phi) is 4.77. The minimum absolute atomic E-state index is 0.0896. The van der Waals surface area contributed by atoms with E-state index >= 15 is 0 Å². The Morgan fingerprint density at radius 3 is 2.75 bits per heavy atom. The number of carbonyl (C=O) groups is 1. The lowest BCUT2D eigenvalue weighted by Gasteiger charge is -2.22. The van der Waals surface area contributed by atoms with Crippen molar-refractivity contribution in [3.63, 3.8) is 0 Å². The fourth-order valence-corrected chi connectivity index (χ4v) is 3.75. The van der Waals surface area contributed by atoms with Crippen molar-refractivity contribution >= 4 is 34.8 Å². The first-order valence-electron chi connectivity index (χ1n) is 9.22. The maximum absolute atomic E-state index is 13.3. The number of hydrogen-bond donors (Lipinski definition) is 1. The van der Waals surface area contributed by atoms with Gasteiger partial charge in [0.05, 0.1) is 0 Å². The topological polar surface area (TPSA) is 58.1 Å². The molecule has 0 spiro atoms. The zero-order chi connectivity index (χ0) is 19.8. The summed E-state index contributed by atoms with van der Waals surface area (Å²) in [4.78, 5) is 24.0. The molecule has 3 aromatic rings. The lowest BCUT2D eigenvalue weighted by Crippen LogP contribution is -2.36. The second kappa shape index (κ2) is 7.24. The molecule has 28 heavy (non-hydrogen) atoms. The number of anilines is 3. The molecule has 6 heteroatoms. The van der Waals surface area contributed by atoms with Gasteiger partial charge >= 0.3 is 0 Å². The highest BCUT2D eigenvalue weighted by Crippen LogP contribution is 2.33. The monoisotopic (exact) mass is 392 g/mol. The Balaban J connectivity index is 1.67. The van der Waals surface area contributed by atoms with Crippen LogP contribution in [0.2, 0.25) is 5.02 Å². The van der Waals surface area contributed by atoms with Crippen LogP contribution < -0.4 is 10.2 Å². The number of hydrogen-bond acceptors (Lipinski definition) is 4. The predicted octanol–water partition coefficient (Wildman–Crippen LogP) is 5.08. The molecule has 1 aromatic heterocycles. The minimum Gasteiger partial charge on any atom is -0.324 e. The molecule has 1 aliphatic heterocycles. The highest BCUT2D eigenvalue weighted by Gasteiger charge is 2.32. The molecule has 0 saturated heterocycles. The summed E-state index contributed by atoms with van der Waals surface area (Å²) in [7, 11) is 0. The first kappa shape index (κ1) is 18.4. The average molecular weight is 393 g/mol. The molecular formula is C22H21ClN4O. The Bertz CT molecular complexity index is 1070. The van der Waals surface area contributed by atoms with Crippen LogP contribution in [-0.4, -0.2) is 21.9 Å². The van der Waals surface area contributed by atoms with E-state index in [4.69, 9.17) is 11.6 Å². The third kappa shape index (κ3) is 3.45. The summed E-state index contributed by atoms with van der Waals surface area (Å²) < 4.78 is 0. The maximum atomic E-state index is 13.3. The van der Waals surface area contributed by atoms with Gasteiger partial charge in [0.15, 0.2) is 0 Å². The minimum atomic E-state index is -0.117. The van der Waals surface area contributed by atoms with Crippen molar-refractivity contribution in [2.45, 2.75) is 33.2 Å². The van der Waals surface area contributed by atoms with Crippen molar-refractivity contribution < 1.29 is 4.79 Å². The van der Waals surface area contributed by atoms with Crippen LogP contribution in [0.3, 0.4) is 0 Å². The third-order valence-corrected chi connectivity index (χ3v) is 5.18. The van der Waals surface area contributed by atoms with Gasteiger partial charge in [-0.3, -0.25) is 4.79 Å². The quantitative estimate of drug-likeness (QED) is 0.675. The van der Waals surface area contributed by atoms with Crippen molar-refractivity contribution in [2.24, 2.45) is 0 Å². The van der Waals surface area contributed by atoms with E-state index in [0.29, 0.717) is 16.7 Å². The average Bonchev–Trinajstić information content (AvgIpc) is 2.99. The van der Waals surface area contributed by atoms with Crippen molar-refractivity contribution in [2.75, 3.05) is 10.2 Å². The first-order valence-corrected chi connectivity index (χ1v) is 9.60. The van der Waals surface area contributed by atoms with Crippen molar-refractivity contribution in [3.8, 4) is 0 Å². The molecule has 0 bridgehead atoms. The standard InChI is InChI=1S/C22H21ClN4O/c1-13-8-9-17(23)12-18(13)25-22-24-14(2)10-19(26-22)21(28)27-15(3)11-16-6-4-5-7-20(16)27/h4-10,12,15H,11H2,1-3H3,(H,24,25,26). The molecule has 142 valence electrons. The molecule has 1 aliphatic rings. The van der Waals surface area contributed by atoms with E-state index in [-0.39, 0.29) is 11.9 Å². The number of rotatable bonds is 3. The second-order valence-corrected chi connectivity index (χ2v) is 7.60. The number of aromatic nitrogens is 2. The lowest BCUT2D eigenvalue weighted by molar-refractivity contribution is 0.0976. The van der Waals surface area contributed by atoms with E-state index in [9.17, 15) is 4.79 Å². The van der Waals surface area contributed by atoms with Gasteiger partial charge in [-0.15, -0.1) is 0 Å². The van der Waals surface area contributed by atoms with Gasteiger partial charge in [-0.2, -0.15) is 0 Å². The summed E-state index contributed by atoms with van der Waals surface area (Å²) >= 11 is 6.10. The van der Waals surface area contributed by atoms with Crippen LogP contribution >= 0.6 is 11.6 Å². The summed E-state index contributed by atoms with van der Waals surface area (Å²) in [5, 5.41) is 3.82. The molecule has 5 nitrogen and oxygen atoms in total. The van der Waals surface area contributed by atoms with Gasteiger partial charge in [-0.25, -0.2) is 9.97 Å². The molecule has 0 saturated carbocycles. The summed E-state index contributed by atoms with van der Waals surface area (Å²) in [5.41, 5.74) is 5.07. The molecule has 0 fully saturated rings. The molecule has 1 unspecified atom stereocenters. The van der Waals surface area contributed by atoms with Crippen molar-refractivity contribution in [1.29, 1.82) is 0 Å². The van der Waals surface area contributed by atoms with Gasteiger partial charge in [0.1, 0.15) is 5.69 Å². The van der Waals surface area contributed by atoms with Crippen LogP contribution in [0.5, 0.6) is 0 Å². The van der Waals surface area contributed by atoms with Gasteiger partial charge in [0.25, 0.3) is 5.91 Å². The van der Waals surface area contributed by atoms with Crippen LogP contribution in [-0.2, 0) is 6.42 Å². The maximum Gasteiger partial charge on any atom is 0.277 e.